The molecule has 1 aliphatic carbocycles. The summed E-state index contributed by atoms with van der Waals surface area (Å²) in [5, 5.41) is 3.28. The first-order valence-corrected chi connectivity index (χ1v) is 6.48. The summed E-state index contributed by atoms with van der Waals surface area (Å²) < 4.78 is 0. The Hall–Kier alpha value is -1.16. The van der Waals surface area contributed by atoms with Gasteiger partial charge in [-0.15, -0.1) is 0 Å². The second kappa shape index (κ2) is 4.26. The maximum absolute atomic E-state index is 12.2. The highest BCUT2D eigenvalue weighted by molar-refractivity contribution is 6.05. The van der Waals surface area contributed by atoms with Gasteiger partial charge in [0.15, 0.2) is 0 Å². The van der Waals surface area contributed by atoms with Gasteiger partial charge in [-0.3, -0.25) is 14.5 Å². The van der Waals surface area contributed by atoms with E-state index in [1.807, 2.05) is 12.2 Å². The van der Waals surface area contributed by atoms with Crippen molar-refractivity contribution in [1.29, 1.82) is 0 Å². The van der Waals surface area contributed by atoms with Gasteiger partial charge in [-0.25, -0.2) is 0 Å². The maximum Gasteiger partial charge on any atom is 0.233 e. The van der Waals surface area contributed by atoms with Crippen molar-refractivity contribution in [2.24, 2.45) is 17.8 Å². The van der Waals surface area contributed by atoms with Crippen LogP contribution in [0.3, 0.4) is 0 Å². The van der Waals surface area contributed by atoms with E-state index in [1.54, 1.807) is 0 Å². The van der Waals surface area contributed by atoms with Gasteiger partial charge in [0.1, 0.15) is 0 Å². The van der Waals surface area contributed by atoms with Crippen LogP contribution in [0.1, 0.15) is 19.3 Å². The third-order valence-electron chi connectivity index (χ3n) is 4.20. The van der Waals surface area contributed by atoms with E-state index in [-0.39, 0.29) is 23.7 Å². The molecule has 2 aliphatic heterocycles. The van der Waals surface area contributed by atoms with Crippen LogP contribution in [0.2, 0.25) is 0 Å². The highest BCUT2D eigenvalue weighted by Gasteiger charge is 2.47. The maximum atomic E-state index is 12.2. The van der Waals surface area contributed by atoms with Crippen molar-refractivity contribution < 1.29 is 9.59 Å². The predicted molar refractivity (Wildman–Crippen MR) is 63.1 cm³/mol. The lowest BCUT2D eigenvalue weighted by Gasteiger charge is -2.18. The molecule has 3 aliphatic rings. The Kier molecular flexibility index (Phi) is 2.74. The molecule has 0 saturated carbocycles. The Bertz CT molecular complexity index is 346. The molecule has 0 spiro atoms. The molecule has 3 atom stereocenters. The first kappa shape index (κ1) is 11.0. The van der Waals surface area contributed by atoms with E-state index in [4.69, 9.17) is 0 Å². The van der Waals surface area contributed by atoms with E-state index in [0.29, 0.717) is 12.5 Å². The Morgan fingerprint density at radius 3 is 2.35 bits per heavy atom. The molecule has 17 heavy (non-hydrogen) atoms. The van der Waals surface area contributed by atoms with Crippen LogP contribution in [0, 0.1) is 17.8 Å². The van der Waals surface area contributed by atoms with Crippen LogP contribution in [-0.4, -0.2) is 36.3 Å². The number of hydrogen-bond acceptors (Lipinski definition) is 3. The van der Waals surface area contributed by atoms with Gasteiger partial charge in [0.2, 0.25) is 11.8 Å². The zero-order valence-corrected chi connectivity index (χ0v) is 9.89. The zero-order valence-electron chi connectivity index (χ0n) is 9.89. The number of fused-ring (bicyclic) bond motifs is 1. The van der Waals surface area contributed by atoms with Gasteiger partial charge >= 0.3 is 0 Å². The summed E-state index contributed by atoms with van der Waals surface area (Å²) in [4.78, 5) is 25.9. The Balaban J connectivity index is 1.73. The summed E-state index contributed by atoms with van der Waals surface area (Å²) in [5.41, 5.74) is 0. The molecule has 1 N–H and O–H groups in total. The van der Waals surface area contributed by atoms with Gasteiger partial charge in [-0.1, -0.05) is 12.2 Å². The van der Waals surface area contributed by atoms with Crippen molar-refractivity contribution in [2.75, 3.05) is 19.6 Å². The molecule has 0 radical (unpaired) electrons. The third-order valence-corrected chi connectivity index (χ3v) is 4.20. The van der Waals surface area contributed by atoms with Gasteiger partial charge in [-0.2, -0.15) is 0 Å². The number of imide groups is 1. The van der Waals surface area contributed by atoms with E-state index in [2.05, 4.69) is 5.32 Å². The fourth-order valence-electron chi connectivity index (χ4n) is 3.18. The Morgan fingerprint density at radius 2 is 1.82 bits per heavy atom. The fraction of sp³-hybridized carbons (Fsp3) is 0.692. The first-order valence-electron chi connectivity index (χ1n) is 6.48. The van der Waals surface area contributed by atoms with Crippen LogP contribution < -0.4 is 5.32 Å². The van der Waals surface area contributed by atoms with Gasteiger partial charge < -0.3 is 5.32 Å². The Labute approximate surface area is 101 Å². The lowest BCUT2D eigenvalue weighted by atomic mass is 9.85. The van der Waals surface area contributed by atoms with Crippen molar-refractivity contribution in [2.45, 2.75) is 19.3 Å². The number of hydrogen-bond donors (Lipinski definition) is 1. The molecule has 2 amide bonds. The normalized spacial score (nSPS) is 36.7. The minimum Gasteiger partial charge on any atom is -0.316 e. The second-order valence-corrected chi connectivity index (χ2v) is 5.30. The first-order chi connectivity index (χ1) is 8.27. The number of rotatable bonds is 2. The number of nitrogens with zero attached hydrogens (tertiary/aromatic N) is 1. The van der Waals surface area contributed by atoms with E-state index in [0.717, 1.165) is 32.4 Å². The highest BCUT2D eigenvalue weighted by atomic mass is 16.2. The molecule has 92 valence electrons. The molecule has 0 aromatic carbocycles. The molecule has 0 aromatic heterocycles. The van der Waals surface area contributed by atoms with Crippen molar-refractivity contribution in [3.8, 4) is 0 Å². The SMILES string of the molecule is O=C1C2CC=CCC2C(=O)N1CC1CCNC1. The van der Waals surface area contributed by atoms with Gasteiger partial charge in [0.05, 0.1) is 11.8 Å². The molecule has 2 saturated heterocycles. The van der Waals surface area contributed by atoms with E-state index in [9.17, 15) is 9.59 Å². The lowest BCUT2D eigenvalue weighted by Crippen LogP contribution is -2.36. The standard InChI is InChI=1S/C13H18N2O2/c16-12-10-3-1-2-4-11(10)13(17)15(12)8-9-5-6-14-7-9/h1-2,9-11,14H,3-8H2. The van der Waals surface area contributed by atoms with Gasteiger partial charge in [0.25, 0.3) is 0 Å². The number of nitrogens with one attached hydrogen (secondary N) is 1. The summed E-state index contributed by atoms with van der Waals surface area (Å²) in [6.45, 7) is 2.57. The molecular formula is C13H18N2O2. The predicted octanol–water partition coefficient (Wildman–Crippen LogP) is 0.547. The lowest BCUT2D eigenvalue weighted by molar-refractivity contribution is -0.140. The molecule has 2 fully saturated rings. The molecule has 4 heteroatoms. The number of carbonyl (C=O) groups is 2. The molecule has 4 nitrogen and oxygen atoms in total. The van der Waals surface area contributed by atoms with E-state index < -0.39 is 0 Å². The van der Waals surface area contributed by atoms with Crippen LogP contribution in [0.5, 0.6) is 0 Å². The summed E-state index contributed by atoms with van der Waals surface area (Å²) in [6.07, 6.45) is 6.63. The minimum absolute atomic E-state index is 0.0660. The third kappa shape index (κ3) is 1.80. The average molecular weight is 234 g/mol. The summed E-state index contributed by atoms with van der Waals surface area (Å²) in [7, 11) is 0. The summed E-state index contributed by atoms with van der Waals surface area (Å²) >= 11 is 0. The minimum atomic E-state index is -0.0677. The van der Waals surface area contributed by atoms with Crippen LogP contribution in [0.15, 0.2) is 12.2 Å². The van der Waals surface area contributed by atoms with Crippen molar-refractivity contribution in [3.63, 3.8) is 0 Å². The van der Waals surface area contributed by atoms with Crippen molar-refractivity contribution in [3.05, 3.63) is 12.2 Å². The van der Waals surface area contributed by atoms with Crippen LogP contribution in [-0.2, 0) is 9.59 Å². The largest absolute Gasteiger partial charge is 0.316 e. The summed E-state index contributed by atoms with van der Waals surface area (Å²) in [6, 6.07) is 0. The van der Waals surface area contributed by atoms with Crippen molar-refractivity contribution in [1.82, 2.24) is 10.2 Å². The average Bonchev–Trinajstić information content (AvgIpc) is 2.94. The number of likely N-dealkylation sites (tertiary alicyclic amines) is 1. The molecule has 3 rings (SSSR count). The van der Waals surface area contributed by atoms with E-state index >= 15 is 0 Å². The summed E-state index contributed by atoms with van der Waals surface area (Å²) in [5.74, 6) is 0.451. The smallest absolute Gasteiger partial charge is 0.233 e. The molecule has 2 heterocycles. The number of carbonyl (C=O) groups excluding carboxylic acids is 2. The zero-order chi connectivity index (χ0) is 11.8. The monoisotopic (exact) mass is 234 g/mol. The second-order valence-electron chi connectivity index (χ2n) is 5.30. The van der Waals surface area contributed by atoms with Crippen LogP contribution in [0.25, 0.3) is 0 Å². The highest BCUT2D eigenvalue weighted by Crippen LogP contribution is 2.35. The van der Waals surface area contributed by atoms with Gasteiger partial charge in [0, 0.05) is 6.54 Å². The number of allylic oxidation sites excluding steroid dienone is 2. The van der Waals surface area contributed by atoms with Gasteiger partial charge in [-0.05, 0) is 38.3 Å². The topological polar surface area (TPSA) is 49.4 Å². The number of amides is 2. The molecule has 0 bridgehead atoms. The molecular weight excluding hydrogens is 216 g/mol. The van der Waals surface area contributed by atoms with Crippen molar-refractivity contribution >= 4 is 11.8 Å². The van der Waals surface area contributed by atoms with Crippen LogP contribution in [0.4, 0.5) is 0 Å². The Morgan fingerprint density at radius 1 is 1.18 bits per heavy atom. The molecule has 3 unspecified atom stereocenters. The quantitative estimate of drug-likeness (QED) is 0.560. The molecule has 0 aromatic rings. The fourth-order valence-corrected chi connectivity index (χ4v) is 3.18. The van der Waals surface area contributed by atoms with E-state index in [1.165, 1.54) is 4.90 Å². The van der Waals surface area contributed by atoms with Crippen LogP contribution >= 0.6 is 0 Å².